The third kappa shape index (κ3) is 1.50. The maximum atomic E-state index is 10.9. The Kier molecular flexibility index (Phi) is 2.24. The molecule has 4 aliphatic carbocycles. The number of carboxylic acid groups (broad SMARTS) is 1. The lowest BCUT2D eigenvalue weighted by molar-refractivity contribution is -0.132. The van der Waals surface area contributed by atoms with Crippen LogP contribution >= 0.6 is 0 Å². The first-order valence-electron chi connectivity index (χ1n) is 7.15. The van der Waals surface area contributed by atoms with E-state index in [2.05, 4.69) is 4.99 Å². The normalized spacial score (nSPS) is 49.0. The molecule has 4 nitrogen and oxygen atoms in total. The molecular weight excluding hydrogens is 230 g/mol. The largest absolute Gasteiger partial charge is 0.474 e. The minimum absolute atomic E-state index is 0.0473. The minimum atomic E-state index is -1.01. The zero-order valence-electron chi connectivity index (χ0n) is 10.4. The number of carboxylic acids is 1. The van der Waals surface area contributed by atoms with E-state index in [-0.39, 0.29) is 12.0 Å². The van der Waals surface area contributed by atoms with Crippen molar-refractivity contribution < 1.29 is 14.6 Å². The molecular formula is C14H19NO3. The monoisotopic (exact) mass is 249 g/mol. The molecule has 5 aliphatic rings. The predicted molar refractivity (Wildman–Crippen MR) is 65.3 cm³/mol. The highest BCUT2D eigenvalue weighted by Gasteiger charge is 2.52. The van der Waals surface area contributed by atoms with Gasteiger partial charge in [0, 0.05) is 5.92 Å². The van der Waals surface area contributed by atoms with Crippen molar-refractivity contribution in [3.63, 3.8) is 0 Å². The summed E-state index contributed by atoms with van der Waals surface area (Å²) in [6.45, 7) is 0.564. The van der Waals surface area contributed by atoms with E-state index < -0.39 is 5.97 Å². The van der Waals surface area contributed by atoms with Gasteiger partial charge in [-0.2, -0.15) is 0 Å². The Morgan fingerprint density at radius 2 is 1.72 bits per heavy atom. The van der Waals surface area contributed by atoms with Crippen molar-refractivity contribution in [1.82, 2.24) is 0 Å². The van der Waals surface area contributed by atoms with Gasteiger partial charge < -0.3 is 9.84 Å². The summed E-state index contributed by atoms with van der Waals surface area (Å²) in [5.74, 6) is 2.94. The van der Waals surface area contributed by atoms with Crippen molar-refractivity contribution in [2.75, 3.05) is 6.54 Å². The molecule has 1 aliphatic heterocycles. The van der Waals surface area contributed by atoms with Gasteiger partial charge >= 0.3 is 5.97 Å². The fourth-order valence-corrected chi connectivity index (χ4v) is 5.28. The van der Waals surface area contributed by atoms with Crippen LogP contribution in [0.1, 0.15) is 32.1 Å². The Hall–Kier alpha value is -1.06. The summed E-state index contributed by atoms with van der Waals surface area (Å²) in [7, 11) is 0. The molecule has 4 saturated carbocycles. The molecule has 0 saturated heterocycles. The number of hydrogen-bond donors (Lipinski definition) is 1. The Morgan fingerprint density at radius 1 is 1.11 bits per heavy atom. The van der Waals surface area contributed by atoms with E-state index in [0.29, 0.717) is 12.5 Å². The second-order valence-electron chi connectivity index (χ2n) is 6.62. The van der Waals surface area contributed by atoms with Crippen LogP contribution in [0.3, 0.4) is 0 Å². The molecule has 4 heteroatoms. The van der Waals surface area contributed by atoms with Gasteiger partial charge in [-0.1, -0.05) is 0 Å². The fraction of sp³-hybridized carbons (Fsp3) is 0.857. The zero-order chi connectivity index (χ0) is 12.3. The molecule has 4 fully saturated rings. The zero-order valence-corrected chi connectivity index (χ0v) is 10.4. The van der Waals surface area contributed by atoms with E-state index in [1.165, 1.54) is 32.1 Å². The van der Waals surface area contributed by atoms with Crippen molar-refractivity contribution >= 4 is 11.9 Å². The SMILES string of the molecule is O=C(O)C1=NCC(C2C3CC4CC(C3)CC2C4)O1. The van der Waals surface area contributed by atoms with Crippen LogP contribution in [0.5, 0.6) is 0 Å². The van der Waals surface area contributed by atoms with Crippen LogP contribution in [0, 0.1) is 29.6 Å². The van der Waals surface area contributed by atoms with Crippen LogP contribution in [0.25, 0.3) is 0 Å². The first-order chi connectivity index (χ1) is 8.70. The van der Waals surface area contributed by atoms with Crippen molar-refractivity contribution in [2.24, 2.45) is 34.6 Å². The summed E-state index contributed by atoms with van der Waals surface area (Å²) in [6.07, 6.45) is 6.88. The molecule has 18 heavy (non-hydrogen) atoms. The highest BCUT2D eigenvalue weighted by molar-refractivity contribution is 6.32. The van der Waals surface area contributed by atoms with E-state index in [1.807, 2.05) is 0 Å². The van der Waals surface area contributed by atoms with Crippen LogP contribution in [0.2, 0.25) is 0 Å². The lowest BCUT2D eigenvalue weighted by Crippen LogP contribution is -2.50. The Morgan fingerprint density at radius 3 is 2.22 bits per heavy atom. The Labute approximate surface area is 106 Å². The molecule has 1 atom stereocenters. The number of carbonyl (C=O) groups is 1. The molecule has 5 rings (SSSR count). The standard InChI is InChI=1S/C14H19NO3/c16-14(17)13-15-6-11(18-13)12-9-2-7-1-8(4-9)5-10(12)3-7/h7-12H,1-6H2,(H,16,17). The highest BCUT2D eigenvalue weighted by atomic mass is 16.5. The van der Waals surface area contributed by atoms with E-state index >= 15 is 0 Å². The van der Waals surface area contributed by atoms with E-state index in [1.54, 1.807) is 0 Å². The van der Waals surface area contributed by atoms with Gasteiger partial charge in [0.15, 0.2) is 0 Å². The summed E-state index contributed by atoms with van der Waals surface area (Å²) >= 11 is 0. The Bertz CT molecular complexity index is 389. The number of hydrogen-bond acceptors (Lipinski definition) is 3. The van der Waals surface area contributed by atoms with Gasteiger partial charge in [-0.25, -0.2) is 9.79 Å². The van der Waals surface area contributed by atoms with Gasteiger partial charge in [0.25, 0.3) is 5.90 Å². The van der Waals surface area contributed by atoms with Crippen LogP contribution < -0.4 is 0 Å². The summed E-state index contributed by atoms with van der Waals surface area (Å²) in [5.41, 5.74) is 0. The van der Waals surface area contributed by atoms with Crippen molar-refractivity contribution in [3.05, 3.63) is 0 Å². The third-order valence-corrected chi connectivity index (χ3v) is 5.59. The van der Waals surface area contributed by atoms with E-state index in [9.17, 15) is 4.79 Å². The van der Waals surface area contributed by atoms with Gasteiger partial charge in [-0.15, -0.1) is 0 Å². The summed E-state index contributed by atoms with van der Waals surface area (Å²) < 4.78 is 5.60. The van der Waals surface area contributed by atoms with Crippen LogP contribution in [0.15, 0.2) is 4.99 Å². The molecule has 0 radical (unpaired) electrons. The maximum Gasteiger partial charge on any atom is 0.391 e. The van der Waals surface area contributed by atoms with E-state index in [0.717, 1.165) is 23.7 Å². The number of aliphatic carboxylic acids is 1. The lowest BCUT2D eigenvalue weighted by atomic mass is 9.51. The average Bonchev–Trinajstić information content (AvgIpc) is 2.77. The quantitative estimate of drug-likeness (QED) is 0.813. The third-order valence-electron chi connectivity index (χ3n) is 5.59. The molecule has 0 amide bonds. The highest BCUT2D eigenvalue weighted by Crippen LogP contribution is 2.57. The fourth-order valence-electron chi connectivity index (χ4n) is 5.28. The number of nitrogens with zero attached hydrogens (tertiary/aromatic N) is 1. The molecule has 0 aromatic heterocycles. The van der Waals surface area contributed by atoms with Crippen LogP contribution in [-0.2, 0) is 9.53 Å². The predicted octanol–water partition coefficient (Wildman–Crippen LogP) is 1.94. The van der Waals surface area contributed by atoms with Gasteiger partial charge in [0.05, 0.1) is 6.54 Å². The smallest absolute Gasteiger partial charge is 0.391 e. The molecule has 0 aromatic rings. The van der Waals surface area contributed by atoms with E-state index in [4.69, 9.17) is 9.84 Å². The summed E-state index contributed by atoms with van der Waals surface area (Å²) in [5, 5.41) is 8.93. The molecule has 1 heterocycles. The number of aliphatic imine (C=N–C) groups is 1. The Balaban J connectivity index is 1.51. The topological polar surface area (TPSA) is 58.9 Å². The van der Waals surface area contributed by atoms with Gasteiger partial charge in [-0.3, -0.25) is 0 Å². The lowest BCUT2D eigenvalue weighted by Gasteiger charge is -2.55. The first-order valence-corrected chi connectivity index (χ1v) is 7.15. The number of ether oxygens (including phenoxy) is 1. The summed E-state index contributed by atoms with van der Waals surface area (Å²) in [6, 6.07) is 0. The average molecular weight is 249 g/mol. The molecule has 98 valence electrons. The second-order valence-corrected chi connectivity index (χ2v) is 6.62. The molecule has 0 spiro atoms. The van der Waals surface area contributed by atoms with Crippen LogP contribution in [-0.4, -0.2) is 29.6 Å². The first kappa shape index (κ1) is 10.8. The molecule has 1 N–H and O–H groups in total. The molecule has 1 unspecified atom stereocenters. The van der Waals surface area contributed by atoms with Crippen molar-refractivity contribution in [3.8, 4) is 0 Å². The van der Waals surface area contributed by atoms with Gasteiger partial charge in [0.2, 0.25) is 0 Å². The van der Waals surface area contributed by atoms with Crippen LogP contribution in [0.4, 0.5) is 0 Å². The second kappa shape index (κ2) is 3.72. The molecule has 4 bridgehead atoms. The molecule has 0 aromatic carbocycles. The minimum Gasteiger partial charge on any atom is -0.474 e. The van der Waals surface area contributed by atoms with Crippen molar-refractivity contribution in [2.45, 2.75) is 38.2 Å². The maximum absolute atomic E-state index is 10.9. The van der Waals surface area contributed by atoms with Gasteiger partial charge in [-0.05, 0) is 55.8 Å². The van der Waals surface area contributed by atoms with Crippen molar-refractivity contribution in [1.29, 1.82) is 0 Å². The van der Waals surface area contributed by atoms with Gasteiger partial charge in [0.1, 0.15) is 6.10 Å². The summed E-state index contributed by atoms with van der Waals surface area (Å²) in [4.78, 5) is 14.9. The number of rotatable bonds is 2.